The van der Waals surface area contributed by atoms with Gasteiger partial charge >= 0.3 is 0 Å². The number of amides is 2. The minimum Gasteiger partial charge on any atom is -0.268 e. The first kappa shape index (κ1) is 16.5. The van der Waals surface area contributed by atoms with Gasteiger partial charge in [0.1, 0.15) is 0 Å². The van der Waals surface area contributed by atoms with Gasteiger partial charge in [0.2, 0.25) is 0 Å². The lowest BCUT2D eigenvalue weighted by Crippen LogP contribution is -2.40. The van der Waals surface area contributed by atoms with Crippen LogP contribution in [0.2, 0.25) is 10.0 Å². The van der Waals surface area contributed by atoms with Crippen LogP contribution in [-0.4, -0.2) is 16.7 Å². The molecule has 0 radical (unpaired) electrons. The number of anilines is 1. The third-order valence-electron chi connectivity index (χ3n) is 4.24. The zero-order valence-electron chi connectivity index (χ0n) is 12.9. The first-order chi connectivity index (χ1) is 12.4. The molecular formula is C18H8Cl2N2O4. The molecule has 1 heterocycles. The molecule has 8 heteroatoms. The monoisotopic (exact) mass is 386 g/mol. The number of non-ortho nitro benzene ring substituents is 1. The van der Waals surface area contributed by atoms with Crippen molar-refractivity contribution < 1.29 is 14.5 Å². The van der Waals surface area contributed by atoms with E-state index in [1.165, 1.54) is 42.5 Å². The van der Waals surface area contributed by atoms with Crippen molar-refractivity contribution in [1.82, 2.24) is 0 Å². The maximum absolute atomic E-state index is 13.0. The number of nitro groups is 1. The van der Waals surface area contributed by atoms with E-state index in [4.69, 9.17) is 23.2 Å². The highest BCUT2D eigenvalue weighted by Gasteiger charge is 2.35. The largest absolute Gasteiger partial charge is 0.277 e. The van der Waals surface area contributed by atoms with Crippen LogP contribution in [0.5, 0.6) is 0 Å². The molecule has 4 rings (SSSR count). The molecule has 0 bridgehead atoms. The maximum atomic E-state index is 13.0. The van der Waals surface area contributed by atoms with Gasteiger partial charge in [-0.2, -0.15) is 0 Å². The summed E-state index contributed by atoms with van der Waals surface area (Å²) >= 11 is 11.9. The van der Waals surface area contributed by atoms with Crippen molar-refractivity contribution in [2.75, 3.05) is 4.90 Å². The normalized spacial score (nSPS) is 13.4. The van der Waals surface area contributed by atoms with Crippen molar-refractivity contribution in [3.8, 4) is 0 Å². The molecule has 3 aromatic carbocycles. The summed E-state index contributed by atoms with van der Waals surface area (Å²) in [6.45, 7) is 0. The smallest absolute Gasteiger partial charge is 0.268 e. The van der Waals surface area contributed by atoms with Crippen molar-refractivity contribution in [2.45, 2.75) is 0 Å². The topological polar surface area (TPSA) is 80.5 Å². The van der Waals surface area contributed by atoms with Crippen LogP contribution in [0.3, 0.4) is 0 Å². The molecule has 2 amide bonds. The Morgan fingerprint density at radius 3 is 2.23 bits per heavy atom. The standard InChI is InChI=1S/C18H8Cl2N2O4/c19-13-6-4-9(8-14(13)20)21-17(23)11-3-1-2-10-15(22(25)26)7-5-12(16(10)11)18(21)24/h1-8H. The first-order valence-electron chi connectivity index (χ1n) is 7.44. The predicted octanol–water partition coefficient (Wildman–Crippen LogP) is 4.86. The Bertz CT molecular complexity index is 1120. The van der Waals surface area contributed by atoms with Gasteiger partial charge in [-0.25, -0.2) is 4.90 Å². The summed E-state index contributed by atoms with van der Waals surface area (Å²) in [6.07, 6.45) is 0. The Kier molecular flexibility index (Phi) is 3.68. The molecule has 3 aromatic rings. The molecule has 0 saturated carbocycles. The SMILES string of the molecule is O=C1c2cccc3c([N+](=O)[O-])ccc(c23)C(=O)N1c1ccc(Cl)c(Cl)c1. The lowest BCUT2D eigenvalue weighted by molar-refractivity contribution is -0.383. The fourth-order valence-corrected chi connectivity index (χ4v) is 3.39. The number of carbonyl (C=O) groups is 2. The molecule has 0 unspecified atom stereocenters. The number of nitro benzene ring substituents is 1. The molecule has 0 saturated heterocycles. The van der Waals surface area contributed by atoms with Gasteiger partial charge in [0.05, 0.1) is 26.0 Å². The number of carbonyl (C=O) groups excluding carboxylic acids is 2. The van der Waals surface area contributed by atoms with Gasteiger partial charge in [0, 0.05) is 22.6 Å². The van der Waals surface area contributed by atoms with Gasteiger partial charge in [-0.15, -0.1) is 0 Å². The summed E-state index contributed by atoms with van der Waals surface area (Å²) in [6, 6.07) is 11.7. The lowest BCUT2D eigenvalue weighted by Gasteiger charge is -2.27. The quantitative estimate of drug-likeness (QED) is 0.358. The number of rotatable bonds is 2. The van der Waals surface area contributed by atoms with E-state index in [-0.39, 0.29) is 38.3 Å². The van der Waals surface area contributed by atoms with Crippen LogP contribution in [0, 0.1) is 10.1 Å². The van der Waals surface area contributed by atoms with Gasteiger partial charge in [-0.05, 0) is 36.4 Å². The van der Waals surface area contributed by atoms with E-state index >= 15 is 0 Å². The molecule has 0 spiro atoms. The van der Waals surface area contributed by atoms with Gasteiger partial charge in [0.15, 0.2) is 0 Å². The zero-order valence-corrected chi connectivity index (χ0v) is 14.4. The third-order valence-corrected chi connectivity index (χ3v) is 4.98. The zero-order chi connectivity index (χ0) is 18.6. The van der Waals surface area contributed by atoms with Crippen LogP contribution in [0.15, 0.2) is 48.5 Å². The van der Waals surface area contributed by atoms with Gasteiger partial charge in [0.25, 0.3) is 17.5 Å². The Hall–Kier alpha value is -2.96. The summed E-state index contributed by atoms with van der Waals surface area (Å²) < 4.78 is 0. The number of halogens is 2. The van der Waals surface area contributed by atoms with Crippen molar-refractivity contribution in [1.29, 1.82) is 0 Å². The molecule has 0 N–H and O–H groups in total. The van der Waals surface area contributed by atoms with Crippen LogP contribution in [0.25, 0.3) is 10.8 Å². The van der Waals surface area contributed by atoms with E-state index in [0.29, 0.717) is 5.02 Å². The second-order valence-corrected chi connectivity index (χ2v) is 6.48. The molecule has 26 heavy (non-hydrogen) atoms. The number of imide groups is 1. The van der Waals surface area contributed by atoms with E-state index in [1.54, 1.807) is 6.07 Å². The Morgan fingerprint density at radius 2 is 1.58 bits per heavy atom. The highest BCUT2D eigenvalue weighted by molar-refractivity contribution is 6.42. The minimum absolute atomic E-state index is 0.158. The van der Waals surface area contributed by atoms with Crippen molar-refractivity contribution in [3.63, 3.8) is 0 Å². The predicted molar refractivity (Wildman–Crippen MR) is 98.2 cm³/mol. The van der Waals surface area contributed by atoms with Crippen molar-refractivity contribution in [2.24, 2.45) is 0 Å². The fourth-order valence-electron chi connectivity index (χ4n) is 3.10. The van der Waals surface area contributed by atoms with E-state index in [1.807, 2.05) is 0 Å². The average molecular weight is 387 g/mol. The van der Waals surface area contributed by atoms with Crippen LogP contribution in [0.4, 0.5) is 11.4 Å². The third kappa shape index (κ3) is 2.27. The second-order valence-electron chi connectivity index (χ2n) is 5.66. The average Bonchev–Trinajstić information content (AvgIpc) is 2.62. The van der Waals surface area contributed by atoms with E-state index in [2.05, 4.69) is 0 Å². The molecule has 0 fully saturated rings. The highest BCUT2D eigenvalue weighted by atomic mass is 35.5. The molecule has 128 valence electrons. The summed E-state index contributed by atoms with van der Waals surface area (Å²) in [5.41, 5.74) is 0.545. The number of hydrogen-bond donors (Lipinski definition) is 0. The lowest BCUT2D eigenvalue weighted by atomic mass is 9.93. The summed E-state index contributed by atoms with van der Waals surface area (Å²) in [5.74, 6) is -1.15. The maximum Gasteiger partial charge on any atom is 0.277 e. The molecule has 6 nitrogen and oxygen atoms in total. The molecule has 0 aliphatic carbocycles. The first-order valence-corrected chi connectivity index (χ1v) is 8.19. The molecule has 1 aliphatic rings. The second kappa shape index (κ2) is 5.79. The number of benzene rings is 3. The summed E-state index contributed by atoms with van der Waals surface area (Å²) in [5, 5.41) is 12.3. The minimum atomic E-state index is -0.577. The van der Waals surface area contributed by atoms with Crippen LogP contribution in [-0.2, 0) is 0 Å². The van der Waals surface area contributed by atoms with Gasteiger partial charge in [-0.3, -0.25) is 19.7 Å². The van der Waals surface area contributed by atoms with Gasteiger partial charge in [-0.1, -0.05) is 29.3 Å². The van der Waals surface area contributed by atoms with E-state index < -0.39 is 16.7 Å². The molecule has 0 atom stereocenters. The Morgan fingerprint density at radius 1 is 0.885 bits per heavy atom. The fraction of sp³-hybridized carbons (Fsp3) is 0. The number of nitrogens with zero attached hydrogens (tertiary/aromatic N) is 2. The van der Waals surface area contributed by atoms with Gasteiger partial charge < -0.3 is 0 Å². The van der Waals surface area contributed by atoms with Crippen molar-refractivity contribution >= 4 is 57.2 Å². The van der Waals surface area contributed by atoms with Crippen LogP contribution < -0.4 is 4.90 Å². The highest BCUT2D eigenvalue weighted by Crippen LogP contribution is 2.37. The molecule has 1 aliphatic heterocycles. The van der Waals surface area contributed by atoms with Crippen molar-refractivity contribution in [3.05, 3.63) is 79.8 Å². The van der Waals surface area contributed by atoms with E-state index in [0.717, 1.165) is 4.90 Å². The number of hydrogen-bond acceptors (Lipinski definition) is 4. The van der Waals surface area contributed by atoms with E-state index in [9.17, 15) is 19.7 Å². The van der Waals surface area contributed by atoms with Crippen LogP contribution in [0.1, 0.15) is 20.7 Å². The Balaban J connectivity index is 1.98. The molecular weight excluding hydrogens is 379 g/mol. The molecule has 0 aromatic heterocycles. The Labute approximate surface area is 156 Å². The summed E-state index contributed by atoms with van der Waals surface area (Å²) in [4.78, 5) is 37.6. The van der Waals surface area contributed by atoms with Crippen LogP contribution >= 0.6 is 23.2 Å². The summed E-state index contributed by atoms with van der Waals surface area (Å²) in [7, 11) is 0.